The van der Waals surface area contributed by atoms with E-state index in [9.17, 15) is 4.39 Å². The Bertz CT molecular complexity index is 569. The number of aromatic amines is 1. The first-order chi connectivity index (χ1) is 9.26. The molecule has 2 aromatic rings. The third-order valence-electron chi connectivity index (χ3n) is 3.77. The van der Waals surface area contributed by atoms with Crippen LogP contribution in [0.2, 0.25) is 0 Å². The lowest BCUT2D eigenvalue weighted by Gasteiger charge is -2.30. The number of rotatable bonds is 3. The van der Waals surface area contributed by atoms with Gasteiger partial charge in [0.2, 0.25) is 5.95 Å². The maximum atomic E-state index is 13.1. The standard InChI is InChI=1S/C14H18FN3S/c1-19-13-5-3-2-4-11(13)17-14-16-10-7-6-9(15)8-12(10)18-14/h6-8,11,13H,2-5H2,1H3,(H2,16,17,18). The molecule has 0 spiro atoms. The molecule has 0 saturated heterocycles. The maximum absolute atomic E-state index is 13.1. The Hall–Kier alpha value is -1.23. The monoisotopic (exact) mass is 279 g/mol. The quantitative estimate of drug-likeness (QED) is 0.898. The van der Waals surface area contributed by atoms with Crippen LogP contribution in [0.5, 0.6) is 0 Å². The number of thioether (sulfide) groups is 1. The van der Waals surface area contributed by atoms with Gasteiger partial charge in [0, 0.05) is 11.3 Å². The zero-order valence-electron chi connectivity index (χ0n) is 10.9. The Labute approximate surface area is 116 Å². The van der Waals surface area contributed by atoms with Crippen LogP contribution in [0.4, 0.5) is 10.3 Å². The summed E-state index contributed by atoms with van der Waals surface area (Å²) in [6, 6.07) is 5.09. The first-order valence-electron chi connectivity index (χ1n) is 6.71. The van der Waals surface area contributed by atoms with Crippen molar-refractivity contribution in [2.24, 2.45) is 0 Å². The Kier molecular flexibility index (Phi) is 3.64. The number of benzene rings is 1. The molecular formula is C14H18FN3S. The zero-order chi connectivity index (χ0) is 13.2. The lowest BCUT2D eigenvalue weighted by molar-refractivity contribution is 0.473. The molecule has 19 heavy (non-hydrogen) atoms. The molecule has 3 nitrogen and oxygen atoms in total. The molecule has 102 valence electrons. The Morgan fingerprint density at radius 2 is 2.21 bits per heavy atom. The molecule has 1 aromatic heterocycles. The van der Waals surface area contributed by atoms with Crippen LogP contribution in [0.25, 0.3) is 11.0 Å². The summed E-state index contributed by atoms with van der Waals surface area (Å²) in [6.07, 6.45) is 7.18. The van der Waals surface area contributed by atoms with Gasteiger partial charge < -0.3 is 10.3 Å². The van der Waals surface area contributed by atoms with Crippen LogP contribution >= 0.6 is 11.8 Å². The van der Waals surface area contributed by atoms with Gasteiger partial charge in [-0.1, -0.05) is 12.8 Å². The van der Waals surface area contributed by atoms with E-state index in [1.54, 1.807) is 6.07 Å². The second-order valence-electron chi connectivity index (χ2n) is 5.06. The third-order valence-corrected chi connectivity index (χ3v) is 4.94. The molecule has 0 amide bonds. The zero-order valence-corrected chi connectivity index (χ0v) is 11.8. The molecular weight excluding hydrogens is 261 g/mol. The summed E-state index contributed by atoms with van der Waals surface area (Å²) < 4.78 is 13.1. The van der Waals surface area contributed by atoms with Crippen LogP contribution in [-0.4, -0.2) is 27.5 Å². The van der Waals surface area contributed by atoms with Crippen molar-refractivity contribution >= 4 is 28.7 Å². The summed E-state index contributed by atoms with van der Waals surface area (Å²) in [4.78, 5) is 7.63. The van der Waals surface area contributed by atoms with E-state index in [-0.39, 0.29) is 5.82 Å². The summed E-state index contributed by atoms with van der Waals surface area (Å²) in [5.41, 5.74) is 1.56. The summed E-state index contributed by atoms with van der Waals surface area (Å²) in [6.45, 7) is 0. The number of imidazole rings is 1. The van der Waals surface area contributed by atoms with Crippen molar-refractivity contribution < 1.29 is 4.39 Å². The Balaban J connectivity index is 1.80. The number of hydrogen-bond acceptors (Lipinski definition) is 3. The van der Waals surface area contributed by atoms with Crippen LogP contribution in [0.1, 0.15) is 25.7 Å². The van der Waals surface area contributed by atoms with E-state index < -0.39 is 0 Å². The number of fused-ring (bicyclic) bond motifs is 1. The van der Waals surface area contributed by atoms with Crippen LogP contribution in [0.3, 0.4) is 0 Å². The van der Waals surface area contributed by atoms with Gasteiger partial charge in [0.15, 0.2) is 0 Å². The molecule has 0 bridgehead atoms. The predicted octanol–water partition coefficient (Wildman–Crippen LogP) is 3.79. The first-order valence-corrected chi connectivity index (χ1v) is 7.99. The van der Waals surface area contributed by atoms with Gasteiger partial charge in [-0.2, -0.15) is 11.8 Å². The van der Waals surface area contributed by atoms with Gasteiger partial charge in [-0.25, -0.2) is 9.37 Å². The molecule has 1 aliphatic rings. The number of halogens is 1. The van der Waals surface area contributed by atoms with E-state index in [1.807, 2.05) is 11.8 Å². The fourth-order valence-corrected chi connectivity index (χ4v) is 3.70. The third kappa shape index (κ3) is 2.71. The minimum atomic E-state index is -0.234. The molecule has 2 N–H and O–H groups in total. The highest BCUT2D eigenvalue weighted by Crippen LogP contribution is 2.29. The van der Waals surface area contributed by atoms with E-state index in [0.29, 0.717) is 11.3 Å². The molecule has 1 aromatic carbocycles. The van der Waals surface area contributed by atoms with Crippen LogP contribution in [0.15, 0.2) is 18.2 Å². The predicted molar refractivity (Wildman–Crippen MR) is 79.2 cm³/mol. The smallest absolute Gasteiger partial charge is 0.201 e. The molecule has 1 saturated carbocycles. The van der Waals surface area contributed by atoms with Crippen molar-refractivity contribution in [3.8, 4) is 0 Å². The number of nitrogens with one attached hydrogen (secondary N) is 2. The van der Waals surface area contributed by atoms with Gasteiger partial charge in [0.05, 0.1) is 11.0 Å². The molecule has 0 aliphatic heterocycles. The number of anilines is 1. The van der Waals surface area contributed by atoms with Gasteiger partial charge in [0.1, 0.15) is 5.82 Å². The molecule has 1 fully saturated rings. The van der Waals surface area contributed by atoms with E-state index in [1.165, 1.54) is 37.8 Å². The average molecular weight is 279 g/mol. The highest BCUT2D eigenvalue weighted by Gasteiger charge is 2.24. The molecule has 1 heterocycles. The van der Waals surface area contributed by atoms with Crippen molar-refractivity contribution in [3.63, 3.8) is 0 Å². The van der Waals surface area contributed by atoms with Gasteiger partial charge in [-0.15, -0.1) is 0 Å². The van der Waals surface area contributed by atoms with Crippen molar-refractivity contribution in [2.45, 2.75) is 37.0 Å². The molecule has 0 radical (unpaired) electrons. The molecule has 3 rings (SSSR count). The van der Waals surface area contributed by atoms with Gasteiger partial charge in [-0.05, 0) is 37.3 Å². The summed E-state index contributed by atoms with van der Waals surface area (Å²) in [7, 11) is 0. The average Bonchev–Trinajstić information content (AvgIpc) is 2.80. The Morgan fingerprint density at radius 1 is 1.37 bits per heavy atom. The van der Waals surface area contributed by atoms with Crippen LogP contribution in [-0.2, 0) is 0 Å². The highest BCUT2D eigenvalue weighted by atomic mass is 32.2. The van der Waals surface area contributed by atoms with E-state index in [2.05, 4.69) is 21.5 Å². The first kappa shape index (κ1) is 12.8. The summed E-state index contributed by atoms with van der Waals surface area (Å²) >= 11 is 1.92. The van der Waals surface area contributed by atoms with E-state index >= 15 is 0 Å². The molecule has 1 aliphatic carbocycles. The van der Waals surface area contributed by atoms with Crippen molar-refractivity contribution in [1.82, 2.24) is 9.97 Å². The van der Waals surface area contributed by atoms with Crippen molar-refractivity contribution in [3.05, 3.63) is 24.0 Å². The van der Waals surface area contributed by atoms with E-state index in [0.717, 1.165) is 17.0 Å². The SMILES string of the molecule is CSC1CCCCC1Nc1nc2ccc(F)cc2[nH]1. The summed E-state index contributed by atoms with van der Waals surface area (Å²) in [5.74, 6) is 0.522. The lowest BCUT2D eigenvalue weighted by Crippen LogP contribution is -2.34. The van der Waals surface area contributed by atoms with Crippen molar-refractivity contribution in [2.75, 3.05) is 11.6 Å². The largest absolute Gasteiger partial charge is 0.352 e. The second kappa shape index (κ2) is 5.41. The molecule has 2 unspecified atom stereocenters. The maximum Gasteiger partial charge on any atom is 0.201 e. The summed E-state index contributed by atoms with van der Waals surface area (Å²) in [5, 5.41) is 4.12. The Morgan fingerprint density at radius 3 is 3.05 bits per heavy atom. The highest BCUT2D eigenvalue weighted by molar-refractivity contribution is 7.99. The number of hydrogen-bond donors (Lipinski definition) is 2. The second-order valence-corrected chi connectivity index (χ2v) is 6.13. The molecule has 5 heteroatoms. The van der Waals surface area contributed by atoms with Crippen LogP contribution in [0, 0.1) is 5.82 Å². The number of aromatic nitrogens is 2. The van der Waals surface area contributed by atoms with Gasteiger partial charge in [0.25, 0.3) is 0 Å². The molecule has 2 atom stereocenters. The van der Waals surface area contributed by atoms with Gasteiger partial charge in [-0.3, -0.25) is 0 Å². The lowest BCUT2D eigenvalue weighted by atomic mass is 9.95. The minimum Gasteiger partial charge on any atom is -0.352 e. The fraction of sp³-hybridized carbons (Fsp3) is 0.500. The topological polar surface area (TPSA) is 40.7 Å². The minimum absolute atomic E-state index is 0.234. The van der Waals surface area contributed by atoms with Crippen molar-refractivity contribution in [1.29, 1.82) is 0 Å². The fourth-order valence-electron chi connectivity index (χ4n) is 2.77. The number of nitrogens with zero attached hydrogens (tertiary/aromatic N) is 1. The normalized spacial score (nSPS) is 23.7. The number of H-pyrrole nitrogens is 1. The van der Waals surface area contributed by atoms with Gasteiger partial charge >= 0.3 is 0 Å². The van der Waals surface area contributed by atoms with Crippen LogP contribution < -0.4 is 5.32 Å². The van der Waals surface area contributed by atoms with E-state index in [4.69, 9.17) is 0 Å².